The van der Waals surface area contributed by atoms with Crippen LogP contribution in [0.3, 0.4) is 0 Å². The summed E-state index contributed by atoms with van der Waals surface area (Å²) < 4.78 is 0. The Morgan fingerprint density at radius 3 is 2.05 bits per heavy atom. The van der Waals surface area contributed by atoms with Gasteiger partial charge >= 0.3 is 21.7 Å². The van der Waals surface area contributed by atoms with Crippen molar-refractivity contribution < 1.29 is 58.9 Å². The van der Waals surface area contributed by atoms with E-state index in [1.54, 1.807) is 5.20 Å². The van der Waals surface area contributed by atoms with Crippen LogP contribution in [-0.2, 0) is 28.1 Å². The zero-order valence-electron chi connectivity index (χ0n) is 12.0. The third kappa shape index (κ3) is 6.98. The first kappa shape index (κ1) is 25.5. The van der Waals surface area contributed by atoms with Crippen LogP contribution >= 0.6 is 0 Å². The first-order chi connectivity index (χ1) is 7.57. The number of allylic oxidation sites excluding steroid dienone is 4. The summed E-state index contributed by atoms with van der Waals surface area (Å²) in [5.74, 6) is 0. The van der Waals surface area contributed by atoms with E-state index in [-0.39, 0.29) is 58.9 Å². The Kier molecular flexibility index (Phi) is 14.2. The average molecular weight is 382 g/mol. The van der Waals surface area contributed by atoms with Crippen molar-refractivity contribution in [3.63, 3.8) is 0 Å². The fourth-order valence-corrected chi connectivity index (χ4v) is 4.01. The smallest absolute Gasteiger partial charge is 1.00 e. The Labute approximate surface area is 157 Å². The summed E-state index contributed by atoms with van der Waals surface area (Å²) in [6.07, 6.45) is 7.97. The van der Waals surface area contributed by atoms with E-state index in [2.05, 4.69) is 62.1 Å². The Morgan fingerprint density at radius 1 is 1.00 bits per heavy atom. The minimum Gasteiger partial charge on any atom is -1.00 e. The predicted octanol–water partition coefficient (Wildman–Crippen LogP) is -4.82. The Balaban J connectivity index is -0.000000722. The van der Waals surface area contributed by atoms with Crippen molar-refractivity contribution in [3.8, 4) is 0 Å². The van der Waals surface area contributed by atoms with Crippen LogP contribution in [0.1, 0.15) is 12.0 Å². The molecule has 0 nitrogen and oxygen atoms in total. The summed E-state index contributed by atoms with van der Waals surface area (Å²) in [4.78, 5) is 0. The molecule has 0 spiro atoms. The van der Waals surface area contributed by atoms with E-state index in [9.17, 15) is 0 Å². The normalized spacial score (nSPS) is 12.8. The van der Waals surface area contributed by atoms with Gasteiger partial charge in [-0.05, 0) is 20.1 Å². The van der Waals surface area contributed by atoms with Gasteiger partial charge in [0.25, 0.3) is 0 Å². The molecule has 0 radical (unpaired) electrons. The Morgan fingerprint density at radius 2 is 1.55 bits per heavy atom. The third-order valence-electron chi connectivity index (χ3n) is 2.98. The molecule has 0 saturated carbocycles. The van der Waals surface area contributed by atoms with Crippen LogP contribution in [0.5, 0.6) is 0 Å². The first-order valence-electron chi connectivity index (χ1n) is 5.92. The maximum atomic E-state index is 3.52. The molecule has 0 aromatic heterocycles. The van der Waals surface area contributed by atoms with Crippen LogP contribution < -0.4 is 37.2 Å². The van der Waals surface area contributed by atoms with Crippen LogP contribution in [0.4, 0.5) is 0 Å². The van der Waals surface area contributed by atoms with Gasteiger partial charge in [-0.1, -0.05) is 50.0 Å². The number of benzene rings is 1. The van der Waals surface area contributed by atoms with Gasteiger partial charge in [-0.15, -0.1) is 6.42 Å². The standard InChI is InChI=1S/C15H19Si.3ClH.Ti/c1-16(2,3)15-11-7-10-14(15)12-13-8-5-4-6-9-13;;;;/h4-6,8-9,11H,7,12H2,1-3H3;3*1H;/q-1;;;;+4/p-3. The molecule has 1 aromatic carbocycles. The van der Waals surface area contributed by atoms with Gasteiger partial charge in [-0.25, -0.2) is 10.8 Å². The minimum absolute atomic E-state index is 0. The summed E-state index contributed by atoms with van der Waals surface area (Å²) in [6, 6.07) is 10.7. The molecule has 0 N–H and O–H groups in total. The fourth-order valence-electron chi connectivity index (χ4n) is 2.21. The molecule has 0 atom stereocenters. The second-order valence-electron chi connectivity index (χ2n) is 5.39. The molecule has 0 heterocycles. The van der Waals surface area contributed by atoms with Crippen LogP contribution in [0.15, 0.2) is 47.2 Å². The summed E-state index contributed by atoms with van der Waals surface area (Å²) in [5, 5.41) is 1.61. The summed E-state index contributed by atoms with van der Waals surface area (Å²) >= 11 is 0. The molecule has 2 rings (SSSR count). The number of halogens is 3. The molecule has 0 unspecified atom stereocenters. The molecule has 5 heteroatoms. The van der Waals surface area contributed by atoms with Crippen molar-refractivity contribution in [2.45, 2.75) is 32.5 Å². The summed E-state index contributed by atoms with van der Waals surface area (Å²) in [6.45, 7) is 7.24. The molecule has 20 heavy (non-hydrogen) atoms. The monoisotopic (exact) mass is 380 g/mol. The van der Waals surface area contributed by atoms with Crippen LogP contribution in [-0.4, -0.2) is 8.07 Å². The van der Waals surface area contributed by atoms with E-state index in [1.165, 1.54) is 11.1 Å². The SMILES string of the molecule is C[Si](C)(C)C1=CC[C-]=C1Cc1ccccc1.[Cl-].[Cl-].[Cl-].[Ti+4]. The van der Waals surface area contributed by atoms with E-state index < -0.39 is 8.07 Å². The topological polar surface area (TPSA) is 0 Å². The number of rotatable bonds is 3. The third-order valence-corrected chi connectivity index (χ3v) is 5.10. The zero-order valence-corrected chi connectivity index (χ0v) is 16.8. The van der Waals surface area contributed by atoms with E-state index in [0.29, 0.717) is 0 Å². The van der Waals surface area contributed by atoms with Crippen molar-refractivity contribution in [1.29, 1.82) is 0 Å². The van der Waals surface area contributed by atoms with Gasteiger partial charge in [0.05, 0.1) is 0 Å². The quantitative estimate of drug-likeness (QED) is 0.364. The molecule has 0 saturated heterocycles. The zero-order chi connectivity index (χ0) is 11.6. The van der Waals surface area contributed by atoms with E-state index >= 15 is 0 Å². The van der Waals surface area contributed by atoms with Gasteiger partial charge in [0.1, 0.15) is 0 Å². The maximum Gasteiger partial charge on any atom is 4.00 e. The summed E-state index contributed by atoms with van der Waals surface area (Å²) in [5.41, 5.74) is 2.85. The van der Waals surface area contributed by atoms with Gasteiger partial charge in [0, 0.05) is 0 Å². The van der Waals surface area contributed by atoms with Crippen molar-refractivity contribution in [3.05, 3.63) is 58.8 Å². The van der Waals surface area contributed by atoms with Gasteiger partial charge < -0.3 is 37.2 Å². The fraction of sp³-hybridized carbons (Fsp3) is 0.333. The van der Waals surface area contributed by atoms with Gasteiger partial charge in [0.2, 0.25) is 0 Å². The molecule has 0 fully saturated rings. The molecule has 1 aromatic rings. The van der Waals surface area contributed by atoms with Crippen LogP contribution in [0, 0.1) is 6.08 Å². The second kappa shape index (κ2) is 11.1. The van der Waals surface area contributed by atoms with E-state index in [0.717, 1.165) is 12.8 Å². The van der Waals surface area contributed by atoms with E-state index in [4.69, 9.17) is 0 Å². The van der Waals surface area contributed by atoms with Crippen molar-refractivity contribution in [2.24, 2.45) is 0 Å². The molecule has 0 aliphatic heterocycles. The number of hydrogen-bond donors (Lipinski definition) is 0. The van der Waals surface area contributed by atoms with Crippen molar-refractivity contribution in [2.75, 3.05) is 0 Å². The molecular weight excluding hydrogens is 362 g/mol. The van der Waals surface area contributed by atoms with E-state index in [1.807, 2.05) is 0 Å². The molecule has 108 valence electrons. The number of hydrogen-bond acceptors (Lipinski definition) is 0. The molecule has 1 aliphatic carbocycles. The molecule has 0 bridgehead atoms. The molecular formula is C15H19Cl3SiTi. The second-order valence-corrected chi connectivity index (χ2v) is 10.4. The molecule has 1 aliphatic rings. The van der Waals surface area contributed by atoms with Gasteiger partial charge in [-0.2, -0.15) is 6.08 Å². The van der Waals surface area contributed by atoms with Crippen LogP contribution in [0.25, 0.3) is 0 Å². The average Bonchev–Trinajstić information content (AvgIpc) is 2.67. The minimum atomic E-state index is -1.18. The first-order valence-corrected chi connectivity index (χ1v) is 9.42. The largest absolute Gasteiger partial charge is 4.00 e. The van der Waals surface area contributed by atoms with Gasteiger partial charge in [-0.3, -0.25) is 6.08 Å². The van der Waals surface area contributed by atoms with Crippen molar-refractivity contribution >= 4 is 8.07 Å². The Bertz CT molecular complexity index is 436. The Hall–Kier alpha value is 0.501. The van der Waals surface area contributed by atoms with Gasteiger partial charge in [0.15, 0.2) is 0 Å². The molecule has 0 amide bonds. The maximum absolute atomic E-state index is 3.52. The predicted molar refractivity (Wildman–Crippen MR) is 72.9 cm³/mol. The summed E-state index contributed by atoms with van der Waals surface area (Å²) in [7, 11) is -1.18. The van der Waals surface area contributed by atoms with Crippen molar-refractivity contribution in [1.82, 2.24) is 0 Å². The van der Waals surface area contributed by atoms with Crippen LogP contribution in [0.2, 0.25) is 19.6 Å².